The van der Waals surface area contributed by atoms with Crippen molar-refractivity contribution in [2.24, 2.45) is 17.8 Å². The molecule has 0 aliphatic heterocycles. The molecule has 0 bridgehead atoms. The number of anilines is 1. The van der Waals surface area contributed by atoms with E-state index in [1.54, 1.807) is 0 Å². The Labute approximate surface area is 195 Å². The standard InChI is InChI=1S/C26H37NO4S/c1-16-7-9-18(10-8-16)25(29)27(19-11-13-20(28)14-12-19)22-15-23(32-24(22)26(30)31)21-6-4-3-5-17(21)2/h6,15-20,28H,3-5,7-14H2,1-2H3,(H,30,31)/t16-,17?,18-,19-,20-. The third kappa shape index (κ3) is 4.96. The van der Waals surface area contributed by atoms with Gasteiger partial charge in [0.2, 0.25) is 5.91 Å². The zero-order chi connectivity index (χ0) is 22.8. The van der Waals surface area contributed by atoms with Crippen LogP contribution in [0, 0.1) is 17.8 Å². The van der Waals surface area contributed by atoms with E-state index in [2.05, 4.69) is 19.9 Å². The summed E-state index contributed by atoms with van der Waals surface area (Å²) in [4.78, 5) is 29.3. The minimum atomic E-state index is -0.953. The molecule has 1 unspecified atom stereocenters. The summed E-state index contributed by atoms with van der Waals surface area (Å²) in [6, 6.07) is 1.94. The van der Waals surface area contributed by atoms with Crippen LogP contribution in [0.3, 0.4) is 0 Å². The van der Waals surface area contributed by atoms with Gasteiger partial charge in [0.1, 0.15) is 4.88 Å². The Morgan fingerprint density at radius 1 is 1.00 bits per heavy atom. The Morgan fingerprint density at radius 2 is 1.69 bits per heavy atom. The molecule has 0 saturated heterocycles. The summed E-state index contributed by atoms with van der Waals surface area (Å²) in [5.74, 6) is 0.169. The summed E-state index contributed by atoms with van der Waals surface area (Å²) in [5, 5.41) is 20.1. The molecule has 6 heteroatoms. The van der Waals surface area contributed by atoms with E-state index in [1.807, 2.05) is 11.0 Å². The van der Waals surface area contributed by atoms with Crippen LogP contribution in [0.15, 0.2) is 12.1 Å². The van der Waals surface area contributed by atoms with Gasteiger partial charge in [-0.2, -0.15) is 0 Å². The number of nitrogens with zero attached hydrogens (tertiary/aromatic N) is 1. The lowest BCUT2D eigenvalue weighted by Crippen LogP contribution is -2.47. The summed E-state index contributed by atoms with van der Waals surface area (Å²) < 4.78 is 0. The lowest BCUT2D eigenvalue weighted by Gasteiger charge is -2.38. The second kappa shape index (κ2) is 10.1. The van der Waals surface area contributed by atoms with Crippen molar-refractivity contribution < 1.29 is 19.8 Å². The number of hydrogen-bond donors (Lipinski definition) is 2. The summed E-state index contributed by atoms with van der Waals surface area (Å²) in [5.41, 5.74) is 1.81. The van der Waals surface area contributed by atoms with Gasteiger partial charge in [-0.15, -0.1) is 11.3 Å². The van der Waals surface area contributed by atoms with Crippen LogP contribution < -0.4 is 4.90 Å². The van der Waals surface area contributed by atoms with Crippen molar-refractivity contribution in [3.8, 4) is 0 Å². The van der Waals surface area contributed by atoms with Crippen LogP contribution in [0.1, 0.15) is 99.0 Å². The molecule has 3 aliphatic rings. The molecule has 1 amide bonds. The first-order valence-electron chi connectivity index (χ1n) is 12.4. The Balaban J connectivity index is 1.72. The molecular formula is C26H37NO4S. The fourth-order valence-corrected chi connectivity index (χ4v) is 6.90. The van der Waals surface area contributed by atoms with Crippen molar-refractivity contribution in [2.75, 3.05) is 4.90 Å². The van der Waals surface area contributed by atoms with Crippen molar-refractivity contribution in [3.05, 3.63) is 21.9 Å². The van der Waals surface area contributed by atoms with E-state index in [0.717, 1.165) is 56.2 Å². The van der Waals surface area contributed by atoms with Crippen LogP contribution >= 0.6 is 11.3 Å². The maximum atomic E-state index is 13.9. The van der Waals surface area contributed by atoms with Crippen molar-refractivity contribution in [3.63, 3.8) is 0 Å². The second-order valence-electron chi connectivity index (χ2n) is 10.2. The first-order valence-corrected chi connectivity index (χ1v) is 13.3. The van der Waals surface area contributed by atoms with Crippen LogP contribution in [-0.2, 0) is 4.79 Å². The van der Waals surface area contributed by atoms with Gasteiger partial charge in [0.25, 0.3) is 0 Å². The van der Waals surface area contributed by atoms with Crippen molar-refractivity contribution in [1.29, 1.82) is 0 Å². The zero-order valence-electron chi connectivity index (χ0n) is 19.4. The number of carboxylic acids is 1. The molecule has 176 valence electrons. The van der Waals surface area contributed by atoms with Crippen LogP contribution in [0.25, 0.3) is 5.57 Å². The first-order chi connectivity index (χ1) is 15.3. The zero-order valence-corrected chi connectivity index (χ0v) is 20.2. The molecule has 0 aromatic carbocycles. The van der Waals surface area contributed by atoms with Gasteiger partial charge in [0.15, 0.2) is 0 Å². The van der Waals surface area contributed by atoms with Crippen LogP contribution in [0.4, 0.5) is 5.69 Å². The SMILES string of the molecule is CC1CCCC=C1c1cc(N(C(=O)[C@H]2CC[C@H](C)CC2)[C@H]2CC[C@H](O)CC2)c(C(=O)O)s1. The normalized spacial score (nSPS) is 31.1. The van der Waals surface area contributed by atoms with Gasteiger partial charge in [-0.3, -0.25) is 4.79 Å². The fraction of sp³-hybridized carbons (Fsp3) is 0.692. The van der Waals surface area contributed by atoms with E-state index in [-0.39, 0.29) is 28.8 Å². The van der Waals surface area contributed by atoms with Crippen LogP contribution in [0.5, 0.6) is 0 Å². The maximum Gasteiger partial charge on any atom is 0.348 e. The molecule has 1 atom stereocenters. The molecular weight excluding hydrogens is 422 g/mol. The minimum absolute atomic E-state index is 0.0316. The number of aliphatic hydroxyl groups is 1. The lowest BCUT2D eigenvalue weighted by atomic mass is 9.81. The highest BCUT2D eigenvalue weighted by Gasteiger charge is 2.37. The number of aliphatic hydroxyl groups excluding tert-OH is 1. The number of aromatic carboxylic acids is 1. The Bertz CT molecular complexity index is 859. The predicted octanol–water partition coefficient (Wildman–Crippen LogP) is 6.11. The summed E-state index contributed by atoms with van der Waals surface area (Å²) in [6.45, 7) is 4.45. The smallest absolute Gasteiger partial charge is 0.348 e. The molecule has 2 fully saturated rings. The molecule has 2 saturated carbocycles. The summed E-state index contributed by atoms with van der Waals surface area (Å²) >= 11 is 1.32. The number of thiophene rings is 1. The number of hydrogen-bond acceptors (Lipinski definition) is 4. The average molecular weight is 460 g/mol. The van der Waals surface area contributed by atoms with Crippen molar-refractivity contribution in [1.82, 2.24) is 0 Å². The number of carbonyl (C=O) groups is 2. The van der Waals surface area contributed by atoms with Crippen LogP contribution in [0.2, 0.25) is 0 Å². The summed E-state index contributed by atoms with van der Waals surface area (Å²) in [6.07, 6.45) is 11.9. The highest BCUT2D eigenvalue weighted by Crippen LogP contribution is 2.43. The molecule has 0 spiro atoms. The molecule has 3 aliphatic carbocycles. The molecule has 1 aromatic rings. The van der Waals surface area contributed by atoms with Crippen molar-refractivity contribution in [2.45, 2.75) is 96.6 Å². The molecule has 2 N–H and O–H groups in total. The van der Waals surface area contributed by atoms with Crippen molar-refractivity contribution >= 4 is 34.5 Å². The highest BCUT2D eigenvalue weighted by molar-refractivity contribution is 7.15. The van der Waals surface area contributed by atoms with Gasteiger partial charge in [0.05, 0.1) is 11.8 Å². The van der Waals surface area contributed by atoms with Gasteiger partial charge in [-0.25, -0.2) is 4.79 Å². The Kier molecular flexibility index (Phi) is 7.40. The maximum absolute atomic E-state index is 13.9. The van der Waals surface area contributed by atoms with E-state index in [9.17, 15) is 19.8 Å². The van der Waals surface area contributed by atoms with E-state index in [0.29, 0.717) is 30.4 Å². The van der Waals surface area contributed by atoms with Gasteiger partial charge in [-0.1, -0.05) is 19.9 Å². The number of allylic oxidation sites excluding steroid dienone is 2. The topological polar surface area (TPSA) is 77.8 Å². The number of carboxylic acid groups (broad SMARTS) is 1. The monoisotopic (exact) mass is 459 g/mol. The van der Waals surface area contributed by atoms with Gasteiger partial charge in [0, 0.05) is 16.8 Å². The van der Waals surface area contributed by atoms with E-state index in [4.69, 9.17) is 0 Å². The fourth-order valence-electron chi connectivity index (χ4n) is 5.75. The Hall–Kier alpha value is -1.66. The summed E-state index contributed by atoms with van der Waals surface area (Å²) in [7, 11) is 0. The molecule has 4 rings (SSSR count). The largest absolute Gasteiger partial charge is 0.477 e. The molecule has 1 heterocycles. The molecule has 0 radical (unpaired) electrons. The average Bonchev–Trinajstić information content (AvgIpc) is 3.21. The minimum Gasteiger partial charge on any atom is -0.477 e. The molecule has 5 nitrogen and oxygen atoms in total. The van der Waals surface area contributed by atoms with Gasteiger partial charge < -0.3 is 15.1 Å². The number of amides is 1. The number of carbonyl (C=O) groups excluding carboxylic acids is 1. The first kappa shape index (κ1) is 23.5. The van der Waals surface area contributed by atoms with Gasteiger partial charge >= 0.3 is 5.97 Å². The quantitative estimate of drug-likeness (QED) is 0.557. The van der Waals surface area contributed by atoms with Crippen LogP contribution in [-0.4, -0.2) is 34.2 Å². The second-order valence-corrected chi connectivity index (χ2v) is 11.3. The number of rotatable bonds is 5. The Morgan fingerprint density at radius 3 is 2.31 bits per heavy atom. The van der Waals surface area contributed by atoms with E-state index in [1.165, 1.54) is 23.3 Å². The predicted molar refractivity (Wildman–Crippen MR) is 129 cm³/mol. The van der Waals surface area contributed by atoms with E-state index >= 15 is 0 Å². The van der Waals surface area contributed by atoms with Gasteiger partial charge in [-0.05, 0) is 94.1 Å². The third-order valence-corrected chi connectivity index (χ3v) is 8.98. The lowest BCUT2D eigenvalue weighted by molar-refractivity contribution is -0.124. The van der Waals surface area contributed by atoms with E-state index < -0.39 is 5.97 Å². The third-order valence-electron chi connectivity index (χ3n) is 7.82. The molecule has 32 heavy (non-hydrogen) atoms. The molecule has 1 aromatic heterocycles. The highest BCUT2D eigenvalue weighted by atomic mass is 32.1.